The Labute approximate surface area is 239 Å². The maximum atomic E-state index is 13.6. The highest BCUT2D eigenvalue weighted by Gasteiger charge is 2.35. The predicted molar refractivity (Wildman–Crippen MR) is 152 cm³/mol. The molecule has 2 aromatic rings. The Kier molecular flexibility index (Phi) is 11.0. The zero-order chi connectivity index (χ0) is 29.3. The summed E-state index contributed by atoms with van der Waals surface area (Å²) in [5.74, 6) is -1.41. The van der Waals surface area contributed by atoms with Gasteiger partial charge in [0.25, 0.3) is 5.91 Å². The number of anilines is 1. The van der Waals surface area contributed by atoms with Gasteiger partial charge in [0.2, 0.25) is 5.91 Å². The SMILES string of the molecule is CCOC(=O)CN1C(=O)C(NC(=O)[C@H](COCc2ccccc2)NC(=O)OC(C)(C)C)CSc2cc(C)ccc21. The van der Waals surface area contributed by atoms with Crippen molar-refractivity contribution in [2.24, 2.45) is 0 Å². The molecule has 3 rings (SSSR count). The van der Waals surface area contributed by atoms with Crippen LogP contribution >= 0.6 is 11.8 Å². The monoisotopic (exact) mass is 571 g/mol. The number of carbonyl (C=O) groups excluding carboxylic acids is 4. The molecule has 0 fully saturated rings. The number of thioether (sulfide) groups is 1. The largest absolute Gasteiger partial charge is 0.465 e. The summed E-state index contributed by atoms with van der Waals surface area (Å²) >= 11 is 1.40. The van der Waals surface area contributed by atoms with Gasteiger partial charge >= 0.3 is 12.1 Å². The lowest BCUT2D eigenvalue weighted by Gasteiger charge is -2.27. The van der Waals surface area contributed by atoms with Crippen LogP contribution in [0.25, 0.3) is 0 Å². The first-order chi connectivity index (χ1) is 19.0. The fourth-order valence-corrected chi connectivity index (χ4v) is 5.05. The molecular weight excluding hydrogens is 534 g/mol. The Morgan fingerprint density at radius 3 is 2.52 bits per heavy atom. The molecule has 40 heavy (non-hydrogen) atoms. The molecule has 0 spiro atoms. The second-order valence-electron chi connectivity index (χ2n) is 10.3. The summed E-state index contributed by atoms with van der Waals surface area (Å²) in [5, 5.41) is 5.32. The maximum absolute atomic E-state index is 13.6. The number of rotatable bonds is 10. The van der Waals surface area contributed by atoms with Gasteiger partial charge in [-0.2, -0.15) is 0 Å². The molecule has 0 aliphatic carbocycles. The molecule has 0 aromatic heterocycles. The Hall–Kier alpha value is -3.57. The Morgan fingerprint density at radius 1 is 1.12 bits per heavy atom. The van der Waals surface area contributed by atoms with Gasteiger partial charge in [0.1, 0.15) is 24.2 Å². The molecule has 0 saturated heterocycles. The van der Waals surface area contributed by atoms with E-state index in [1.54, 1.807) is 33.8 Å². The summed E-state index contributed by atoms with van der Waals surface area (Å²) in [4.78, 5) is 54.1. The van der Waals surface area contributed by atoms with Crippen molar-refractivity contribution in [1.29, 1.82) is 0 Å². The number of hydrogen-bond donors (Lipinski definition) is 2. The van der Waals surface area contributed by atoms with Crippen molar-refractivity contribution in [3.63, 3.8) is 0 Å². The fourth-order valence-electron chi connectivity index (χ4n) is 3.89. The molecule has 3 amide bonds. The molecule has 2 aromatic carbocycles. The van der Waals surface area contributed by atoms with E-state index < -0.39 is 41.6 Å². The molecule has 2 atom stereocenters. The smallest absolute Gasteiger partial charge is 0.408 e. The van der Waals surface area contributed by atoms with Gasteiger partial charge in [-0.15, -0.1) is 11.8 Å². The van der Waals surface area contributed by atoms with Crippen molar-refractivity contribution >= 4 is 41.3 Å². The average molecular weight is 572 g/mol. The molecular formula is C29H37N3O7S. The first-order valence-corrected chi connectivity index (χ1v) is 14.1. The number of nitrogens with one attached hydrogen (secondary N) is 2. The van der Waals surface area contributed by atoms with Crippen LogP contribution in [0.15, 0.2) is 53.4 Å². The topological polar surface area (TPSA) is 123 Å². The van der Waals surface area contributed by atoms with E-state index in [4.69, 9.17) is 14.2 Å². The molecule has 1 heterocycles. The average Bonchev–Trinajstić information content (AvgIpc) is 2.99. The van der Waals surface area contributed by atoms with Gasteiger partial charge in [-0.3, -0.25) is 19.3 Å². The zero-order valence-corrected chi connectivity index (χ0v) is 24.3. The van der Waals surface area contributed by atoms with Crippen LogP contribution in [0.3, 0.4) is 0 Å². The third-order valence-electron chi connectivity index (χ3n) is 5.69. The van der Waals surface area contributed by atoms with Crippen LogP contribution in [0, 0.1) is 6.92 Å². The summed E-state index contributed by atoms with van der Waals surface area (Å²) in [6.45, 7) is 8.72. The number of amides is 3. The van der Waals surface area contributed by atoms with E-state index in [0.29, 0.717) is 5.69 Å². The number of carbonyl (C=O) groups is 4. The van der Waals surface area contributed by atoms with Crippen molar-refractivity contribution in [3.8, 4) is 0 Å². The number of aryl methyl sites for hydroxylation is 1. The number of nitrogens with zero attached hydrogens (tertiary/aromatic N) is 1. The second-order valence-corrected chi connectivity index (χ2v) is 11.3. The second kappa shape index (κ2) is 14.2. The van der Waals surface area contributed by atoms with E-state index in [-0.39, 0.29) is 32.1 Å². The number of fused-ring (bicyclic) bond motifs is 1. The molecule has 216 valence electrons. The molecule has 1 aliphatic heterocycles. The van der Waals surface area contributed by atoms with Crippen LogP contribution in [-0.2, 0) is 35.2 Å². The van der Waals surface area contributed by atoms with Crippen LogP contribution in [-0.4, -0.2) is 67.1 Å². The minimum atomic E-state index is -1.14. The summed E-state index contributed by atoms with van der Waals surface area (Å²) in [6.07, 6.45) is -0.788. The van der Waals surface area contributed by atoms with Gasteiger partial charge in [0.05, 0.1) is 25.5 Å². The Bertz CT molecular complexity index is 1200. The van der Waals surface area contributed by atoms with Gasteiger partial charge in [0.15, 0.2) is 0 Å². The summed E-state index contributed by atoms with van der Waals surface area (Å²) < 4.78 is 16.2. The molecule has 0 radical (unpaired) electrons. The number of hydrogen-bond acceptors (Lipinski definition) is 8. The van der Waals surface area contributed by atoms with E-state index in [0.717, 1.165) is 16.0 Å². The number of benzene rings is 2. The van der Waals surface area contributed by atoms with Gasteiger partial charge in [-0.1, -0.05) is 36.4 Å². The maximum Gasteiger partial charge on any atom is 0.408 e. The molecule has 0 saturated carbocycles. The molecule has 10 nitrogen and oxygen atoms in total. The minimum absolute atomic E-state index is 0.153. The summed E-state index contributed by atoms with van der Waals surface area (Å²) in [7, 11) is 0. The van der Waals surface area contributed by atoms with Crippen molar-refractivity contribution in [3.05, 3.63) is 59.7 Å². The quantitative estimate of drug-likeness (QED) is 0.415. The third kappa shape index (κ3) is 9.27. The molecule has 2 N–H and O–H groups in total. The van der Waals surface area contributed by atoms with Crippen LogP contribution in [0.2, 0.25) is 0 Å². The fraction of sp³-hybridized carbons (Fsp3) is 0.448. The minimum Gasteiger partial charge on any atom is -0.465 e. The van der Waals surface area contributed by atoms with E-state index >= 15 is 0 Å². The van der Waals surface area contributed by atoms with Gasteiger partial charge < -0.3 is 24.8 Å². The predicted octanol–water partition coefficient (Wildman–Crippen LogP) is 3.59. The van der Waals surface area contributed by atoms with Crippen LogP contribution in [0.5, 0.6) is 0 Å². The molecule has 11 heteroatoms. The van der Waals surface area contributed by atoms with E-state index in [9.17, 15) is 19.2 Å². The Morgan fingerprint density at radius 2 is 1.85 bits per heavy atom. The number of ether oxygens (including phenoxy) is 3. The highest BCUT2D eigenvalue weighted by atomic mass is 32.2. The Balaban J connectivity index is 1.78. The molecule has 1 unspecified atom stereocenters. The molecule has 1 aliphatic rings. The van der Waals surface area contributed by atoms with Gasteiger partial charge in [-0.25, -0.2) is 4.79 Å². The lowest BCUT2D eigenvalue weighted by molar-refractivity contribution is -0.142. The van der Waals surface area contributed by atoms with E-state index in [2.05, 4.69) is 10.6 Å². The summed E-state index contributed by atoms with van der Waals surface area (Å²) in [6, 6.07) is 12.9. The number of esters is 1. The first-order valence-electron chi connectivity index (χ1n) is 13.1. The van der Waals surface area contributed by atoms with Crippen LogP contribution < -0.4 is 15.5 Å². The zero-order valence-electron chi connectivity index (χ0n) is 23.5. The first kappa shape index (κ1) is 31.0. The van der Waals surface area contributed by atoms with Crippen molar-refractivity contribution in [2.75, 3.05) is 30.4 Å². The lowest BCUT2D eigenvalue weighted by atomic mass is 10.1. The highest BCUT2D eigenvalue weighted by Crippen LogP contribution is 2.35. The van der Waals surface area contributed by atoms with Crippen molar-refractivity contribution < 1.29 is 33.4 Å². The van der Waals surface area contributed by atoms with E-state index in [1.165, 1.54) is 16.7 Å². The molecule has 0 bridgehead atoms. The van der Waals surface area contributed by atoms with Crippen molar-refractivity contribution in [2.45, 2.75) is 63.8 Å². The van der Waals surface area contributed by atoms with Gasteiger partial charge in [-0.05, 0) is 57.9 Å². The number of alkyl carbamates (subject to hydrolysis) is 1. The standard InChI is InChI=1S/C29H37N3O7S/c1-6-38-25(33)15-32-23-13-12-19(2)14-24(23)40-18-22(27(32)35)30-26(34)21(31-28(36)39-29(3,4)5)17-37-16-20-10-8-7-9-11-20/h7-14,21-22H,6,15-18H2,1-5H3,(H,30,34)(H,31,36)/t21-,22?/m0/s1. The highest BCUT2D eigenvalue weighted by molar-refractivity contribution is 7.99. The third-order valence-corrected chi connectivity index (χ3v) is 6.83. The normalized spacial score (nSPS) is 15.9. The summed E-state index contributed by atoms with van der Waals surface area (Å²) in [5.41, 5.74) is 1.69. The van der Waals surface area contributed by atoms with E-state index in [1.807, 2.05) is 49.4 Å². The van der Waals surface area contributed by atoms with Gasteiger partial charge in [0, 0.05) is 10.6 Å². The van der Waals surface area contributed by atoms with Crippen molar-refractivity contribution in [1.82, 2.24) is 10.6 Å². The lowest BCUT2D eigenvalue weighted by Crippen LogP contribution is -2.57. The van der Waals surface area contributed by atoms with Crippen LogP contribution in [0.1, 0.15) is 38.8 Å². The van der Waals surface area contributed by atoms with Crippen LogP contribution in [0.4, 0.5) is 10.5 Å².